The topological polar surface area (TPSA) is 18.5 Å². The van der Waals surface area contributed by atoms with Gasteiger partial charge in [-0.15, -0.1) is 11.3 Å². The monoisotopic (exact) mass is 331 g/mol. The Morgan fingerprint density at radius 3 is 2.61 bits per heavy atom. The third-order valence-corrected chi connectivity index (χ3v) is 5.27. The van der Waals surface area contributed by atoms with Gasteiger partial charge in [0, 0.05) is 45.3 Å². The molecular weight excluding hydrogens is 310 g/mol. The highest BCUT2D eigenvalue weighted by Gasteiger charge is 2.29. The smallest absolute Gasteiger partial charge is 0.0918 e. The third kappa shape index (κ3) is 3.47. The molecule has 0 aromatic carbocycles. The molecule has 1 aliphatic heterocycles. The first kappa shape index (κ1) is 14.3. The molecule has 1 saturated heterocycles. The van der Waals surface area contributed by atoms with Gasteiger partial charge in [0.25, 0.3) is 0 Å². The van der Waals surface area contributed by atoms with Crippen molar-refractivity contribution in [3.8, 4) is 0 Å². The van der Waals surface area contributed by atoms with Gasteiger partial charge in [-0.3, -0.25) is 4.90 Å². The molecule has 18 heavy (non-hydrogen) atoms. The maximum Gasteiger partial charge on any atom is 0.0918 e. The molecule has 1 aromatic rings. The lowest BCUT2D eigenvalue weighted by Crippen LogP contribution is -2.57. The molecule has 2 rings (SSSR count). The average Bonchev–Trinajstić information content (AvgIpc) is 2.77. The lowest BCUT2D eigenvalue weighted by molar-refractivity contribution is 0.109. The van der Waals surface area contributed by atoms with Crippen LogP contribution in [0.15, 0.2) is 15.9 Å². The molecule has 1 fully saturated rings. The Bertz CT molecular complexity index is 385. The van der Waals surface area contributed by atoms with E-state index < -0.39 is 0 Å². The highest BCUT2D eigenvalue weighted by Crippen LogP contribution is 2.30. The van der Waals surface area contributed by atoms with Crippen molar-refractivity contribution in [3.05, 3.63) is 15.9 Å². The Hall–Kier alpha value is -0.100. The Kier molecular flexibility index (Phi) is 4.69. The van der Waals surface area contributed by atoms with Crippen LogP contribution in [-0.4, -0.2) is 50.2 Å². The molecule has 0 amide bonds. The second kappa shape index (κ2) is 5.90. The van der Waals surface area contributed by atoms with Crippen molar-refractivity contribution < 1.29 is 0 Å². The molecule has 1 aliphatic rings. The highest BCUT2D eigenvalue weighted by molar-refractivity contribution is 9.11. The zero-order chi connectivity index (χ0) is 13.2. The van der Waals surface area contributed by atoms with Crippen LogP contribution in [-0.2, 0) is 0 Å². The van der Waals surface area contributed by atoms with Crippen LogP contribution in [0.5, 0.6) is 0 Å². The number of thiophene rings is 1. The van der Waals surface area contributed by atoms with E-state index in [2.05, 4.69) is 64.1 Å². The zero-order valence-corrected chi connectivity index (χ0v) is 13.8. The molecule has 102 valence electrons. The van der Waals surface area contributed by atoms with E-state index in [1.165, 1.54) is 8.79 Å². The number of hydrogen-bond donors (Lipinski definition) is 1. The number of rotatable bonds is 4. The number of nitrogens with one attached hydrogen (secondary N) is 1. The first-order valence-electron chi connectivity index (χ1n) is 6.41. The van der Waals surface area contributed by atoms with Crippen LogP contribution in [0.1, 0.15) is 13.8 Å². The summed E-state index contributed by atoms with van der Waals surface area (Å²) in [5, 5.41) is 4.74. The zero-order valence-electron chi connectivity index (χ0n) is 11.4. The summed E-state index contributed by atoms with van der Waals surface area (Å²) in [5.74, 6) is 0. The van der Waals surface area contributed by atoms with E-state index in [9.17, 15) is 0 Å². The first-order valence-corrected chi connectivity index (χ1v) is 8.02. The lowest BCUT2D eigenvalue weighted by atomic mass is 10.0. The van der Waals surface area contributed by atoms with Gasteiger partial charge in [-0.05, 0) is 41.9 Å². The quantitative estimate of drug-likeness (QED) is 0.914. The van der Waals surface area contributed by atoms with E-state index in [4.69, 9.17) is 0 Å². The number of likely N-dealkylation sites (N-methyl/N-ethyl adjacent to an activating group) is 1. The summed E-state index contributed by atoms with van der Waals surface area (Å²) in [4.78, 5) is 4.94. The predicted octanol–water partition coefficient (Wildman–Crippen LogP) is 2.63. The molecule has 3 nitrogen and oxygen atoms in total. The van der Waals surface area contributed by atoms with Gasteiger partial charge in [0.1, 0.15) is 0 Å². The Balaban J connectivity index is 1.98. The summed E-state index contributed by atoms with van der Waals surface area (Å²) in [7, 11) is 2.18. The van der Waals surface area contributed by atoms with Crippen molar-refractivity contribution >= 4 is 32.3 Å². The van der Waals surface area contributed by atoms with Crippen molar-refractivity contribution in [2.75, 3.05) is 44.7 Å². The molecule has 0 saturated carbocycles. The lowest BCUT2D eigenvalue weighted by Gasteiger charge is -2.43. The van der Waals surface area contributed by atoms with E-state index in [0.717, 1.165) is 32.7 Å². The fraction of sp³-hybridized carbons (Fsp3) is 0.692. The minimum atomic E-state index is 0.216. The fourth-order valence-electron chi connectivity index (χ4n) is 2.54. The summed E-state index contributed by atoms with van der Waals surface area (Å²) < 4.78 is 1.20. The number of piperazine rings is 1. The summed E-state index contributed by atoms with van der Waals surface area (Å²) in [6.45, 7) is 10.3. The molecule has 0 atom stereocenters. The van der Waals surface area contributed by atoms with Gasteiger partial charge in [-0.2, -0.15) is 0 Å². The second-order valence-corrected chi connectivity index (χ2v) is 7.92. The molecule has 0 spiro atoms. The number of anilines is 1. The van der Waals surface area contributed by atoms with Crippen LogP contribution in [0, 0.1) is 0 Å². The summed E-state index contributed by atoms with van der Waals surface area (Å²) in [6.07, 6.45) is 0. The van der Waals surface area contributed by atoms with Gasteiger partial charge >= 0.3 is 0 Å². The maximum atomic E-state index is 3.53. The SMILES string of the molecule is CN(CC(C)(C)N1CCNCC1)c1ccc(Br)s1. The van der Waals surface area contributed by atoms with Crippen LogP contribution < -0.4 is 10.2 Å². The van der Waals surface area contributed by atoms with E-state index in [1.54, 1.807) is 11.3 Å². The van der Waals surface area contributed by atoms with Crippen molar-refractivity contribution in [1.29, 1.82) is 0 Å². The van der Waals surface area contributed by atoms with Gasteiger partial charge in [0.15, 0.2) is 0 Å². The van der Waals surface area contributed by atoms with Gasteiger partial charge in [-0.25, -0.2) is 0 Å². The molecule has 0 bridgehead atoms. The van der Waals surface area contributed by atoms with Crippen LogP contribution in [0.25, 0.3) is 0 Å². The van der Waals surface area contributed by atoms with E-state index in [-0.39, 0.29) is 5.54 Å². The van der Waals surface area contributed by atoms with Crippen molar-refractivity contribution in [1.82, 2.24) is 10.2 Å². The molecule has 1 aromatic heterocycles. The van der Waals surface area contributed by atoms with Crippen molar-refractivity contribution in [3.63, 3.8) is 0 Å². The minimum Gasteiger partial charge on any atom is -0.365 e. The fourth-order valence-corrected chi connectivity index (χ4v) is 3.86. The van der Waals surface area contributed by atoms with Crippen LogP contribution in [0.2, 0.25) is 0 Å². The first-order chi connectivity index (χ1) is 8.49. The van der Waals surface area contributed by atoms with Crippen molar-refractivity contribution in [2.45, 2.75) is 19.4 Å². The molecule has 5 heteroatoms. The molecule has 0 unspecified atom stereocenters. The molecular formula is C13H22BrN3S. The molecule has 0 aliphatic carbocycles. The van der Waals surface area contributed by atoms with Crippen LogP contribution in [0.3, 0.4) is 0 Å². The maximum absolute atomic E-state index is 3.53. The second-order valence-electron chi connectivity index (χ2n) is 5.48. The van der Waals surface area contributed by atoms with Gasteiger partial charge in [0.05, 0.1) is 8.79 Å². The standard InChI is InChI=1S/C13H22BrN3S/c1-13(2,17-8-6-15-7-9-17)10-16(3)12-5-4-11(14)18-12/h4-5,15H,6-10H2,1-3H3. The van der Waals surface area contributed by atoms with E-state index >= 15 is 0 Å². The number of nitrogens with zero attached hydrogens (tertiary/aromatic N) is 2. The number of halogens is 1. The van der Waals surface area contributed by atoms with Gasteiger partial charge in [0.2, 0.25) is 0 Å². The third-order valence-electron chi connectivity index (χ3n) is 3.53. The minimum absolute atomic E-state index is 0.216. The van der Waals surface area contributed by atoms with Crippen LogP contribution in [0.4, 0.5) is 5.00 Å². The Morgan fingerprint density at radius 2 is 2.06 bits per heavy atom. The predicted molar refractivity (Wildman–Crippen MR) is 83.8 cm³/mol. The summed E-state index contributed by atoms with van der Waals surface area (Å²) >= 11 is 5.32. The van der Waals surface area contributed by atoms with E-state index in [1.807, 2.05) is 0 Å². The average molecular weight is 332 g/mol. The Morgan fingerprint density at radius 1 is 1.39 bits per heavy atom. The largest absolute Gasteiger partial charge is 0.365 e. The van der Waals surface area contributed by atoms with Crippen molar-refractivity contribution in [2.24, 2.45) is 0 Å². The van der Waals surface area contributed by atoms with E-state index in [0.29, 0.717) is 0 Å². The van der Waals surface area contributed by atoms with Gasteiger partial charge in [-0.1, -0.05) is 0 Å². The summed E-state index contributed by atoms with van der Waals surface area (Å²) in [5.41, 5.74) is 0.216. The normalized spacial score (nSPS) is 18.0. The Labute approximate surface area is 122 Å². The summed E-state index contributed by atoms with van der Waals surface area (Å²) in [6, 6.07) is 4.30. The molecule has 1 N–H and O–H groups in total. The van der Waals surface area contributed by atoms with Gasteiger partial charge < -0.3 is 10.2 Å². The number of hydrogen-bond acceptors (Lipinski definition) is 4. The van der Waals surface area contributed by atoms with Crippen LogP contribution >= 0.6 is 27.3 Å². The molecule has 2 heterocycles. The molecule has 0 radical (unpaired) electrons. The highest BCUT2D eigenvalue weighted by atomic mass is 79.9.